The predicted octanol–water partition coefficient (Wildman–Crippen LogP) is 4.10. The van der Waals surface area contributed by atoms with E-state index >= 15 is 0 Å². The minimum atomic E-state index is 0.767. The fourth-order valence-corrected chi connectivity index (χ4v) is 2.91. The van der Waals surface area contributed by atoms with Gasteiger partial charge in [-0.1, -0.05) is 12.1 Å². The molecule has 0 saturated carbocycles. The van der Waals surface area contributed by atoms with Gasteiger partial charge in [0.2, 0.25) is 0 Å². The van der Waals surface area contributed by atoms with Crippen LogP contribution in [0.2, 0.25) is 0 Å². The lowest BCUT2D eigenvalue weighted by Crippen LogP contribution is -1.88. The van der Waals surface area contributed by atoms with Crippen LogP contribution in [0.3, 0.4) is 0 Å². The molecule has 21 heavy (non-hydrogen) atoms. The Labute approximate surface area is 122 Å². The first-order valence-electron chi connectivity index (χ1n) is 7.00. The standard InChI is InChI=1S/C18H15N3/c1-12-4-6-14-15-11-13(18-19-8-3-9-20-18)5-7-16(15)21(2)17(14)10-12/h3-11H,1-2H3. The molecule has 102 valence electrons. The predicted molar refractivity (Wildman–Crippen MR) is 86.2 cm³/mol. The van der Waals surface area contributed by atoms with Crippen LogP contribution in [0.1, 0.15) is 5.56 Å². The molecule has 3 heteroatoms. The SMILES string of the molecule is Cc1ccc2c3cc(-c4ncccn4)ccc3n(C)c2c1. The van der Waals surface area contributed by atoms with E-state index in [2.05, 4.69) is 64.9 Å². The van der Waals surface area contributed by atoms with Crippen LogP contribution < -0.4 is 0 Å². The van der Waals surface area contributed by atoms with E-state index in [1.54, 1.807) is 12.4 Å². The van der Waals surface area contributed by atoms with Crippen LogP contribution in [0.25, 0.3) is 33.2 Å². The quantitative estimate of drug-likeness (QED) is 0.523. The first-order chi connectivity index (χ1) is 10.2. The Bertz CT molecular complexity index is 952. The molecule has 4 aromatic rings. The molecule has 0 bridgehead atoms. The molecule has 4 rings (SSSR count). The highest BCUT2D eigenvalue weighted by molar-refractivity contribution is 6.09. The number of benzene rings is 2. The summed E-state index contributed by atoms with van der Waals surface area (Å²) in [4.78, 5) is 8.68. The summed E-state index contributed by atoms with van der Waals surface area (Å²) in [6, 6.07) is 14.8. The van der Waals surface area contributed by atoms with E-state index in [0.717, 1.165) is 11.4 Å². The van der Waals surface area contributed by atoms with Crippen molar-refractivity contribution in [2.75, 3.05) is 0 Å². The molecule has 0 radical (unpaired) electrons. The van der Waals surface area contributed by atoms with Gasteiger partial charge in [0.05, 0.1) is 0 Å². The van der Waals surface area contributed by atoms with Crippen molar-refractivity contribution in [1.29, 1.82) is 0 Å². The van der Waals surface area contributed by atoms with Gasteiger partial charge in [-0.2, -0.15) is 0 Å². The zero-order valence-electron chi connectivity index (χ0n) is 12.0. The topological polar surface area (TPSA) is 30.7 Å². The second kappa shape index (κ2) is 4.42. The molecule has 0 saturated heterocycles. The smallest absolute Gasteiger partial charge is 0.159 e. The largest absolute Gasteiger partial charge is 0.344 e. The van der Waals surface area contributed by atoms with Crippen LogP contribution >= 0.6 is 0 Å². The zero-order chi connectivity index (χ0) is 14.4. The van der Waals surface area contributed by atoms with Crippen molar-refractivity contribution >= 4 is 21.8 Å². The molecule has 0 aliphatic rings. The highest BCUT2D eigenvalue weighted by atomic mass is 14.9. The van der Waals surface area contributed by atoms with Gasteiger partial charge in [0.1, 0.15) is 0 Å². The first-order valence-corrected chi connectivity index (χ1v) is 7.00. The Balaban J connectivity index is 2.06. The number of hydrogen-bond acceptors (Lipinski definition) is 2. The van der Waals surface area contributed by atoms with Gasteiger partial charge in [-0.25, -0.2) is 9.97 Å². The van der Waals surface area contributed by atoms with Gasteiger partial charge < -0.3 is 4.57 Å². The summed E-state index contributed by atoms with van der Waals surface area (Å²) in [7, 11) is 2.11. The van der Waals surface area contributed by atoms with E-state index in [0.29, 0.717) is 0 Å². The third kappa shape index (κ3) is 1.82. The third-order valence-corrected chi connectivity index (χ3v) is 3.99. The van der Waals surface area contributed by atoms with Crippen molar-refractivity contribution in [3.63, 3.8) is 0 Å². The third-order valence-electron chi connectivity index (χ3n) is 3.99. The number of fused-ring (bicyclic) bond motifs is 3. The van der Waals surface area contributed by atoms with E-state index in [1.165, 1.54) is 27.4 Å². The highest BCUT2D eigenvalue weighted by Crippen LogP contribution is 2.31. The average molecular weight is 273 g/mol. The van der Waals surface area contributed by atoms with E-state index in [1.807, 2.05) is 6.07 Å². The molecule has 2 aromatic carbocycles. The fraction of sp³-hybridized carbons (Fsp3) is 0.111. The summed E-state index contributed by atoms with van der Waals surface area (Å²) < 4.78 is 2.24. The normalized spacial score (nSPS) is 11.3. The number of nitrogens with zero attached hydrogens (tertiary/aromatic N) is 3. The lowest BCUT2D eigenvalue weighted by molar-refractivity contribution is 1.01. The van der Waals surface area contributed by atoms with Crippen LogP contribution in [0.15, 0.2) is 54.9 Å². The molecule has 0 fully saturated rings. The summed E-state index contributed by atoms with van der Waals surface area (Å²) in [5.74, 6) is 0.767. The Morgan fingerprint density at radius 2 is 1.67 bits per heavy atom. The Morgan fingerprint density at radius 3 is 2.48 bits per heavy atom. The lowest BCUT2D eigenvalue weighted by Gasteiger charge is -2.01. The molecular weight excluding hydrogens is 258 g/mol. The molecule has 0 unspecified atom stereocenters. The molecule has 2 aromatic heterocycles. The molecule has 0 aliphatic heterocycles. The second-order valence-electron chi connectivity index (χ2n) is 5.38. The van der Waals surface area contributed by atoms with Gasteiger partial charge in [0, 0.05) is 46.8 Å². The van der Waals surface area contributed by atoms with Crippen molar-refractivity contribution in [1.82, 2.24) is 14.5 Å². The lowest BCUT2D eigenvalue weighted by atomic mass is 10.1. The monoisotopic (exact) mass is 273 g/mol. The Kier molecular flexibility index (Phi) is 2.54. The number of aryl methyl sites for hydroxylation is 2. The van der Waals surface area contributed by atoms with Gasteiger partial charge in [-0.15, -0.1) is 0 Å². The molecule has 2 heterocycles. The van der Waals surface area contributed by atoms with E-state index in [-0.39, 0.29) is 0 Å². The van der Waals surface area contributed by atoms with Crippen molar-refractivity contribution in [3.05, 3.63) is 60.4 Å². The minimum Gasteiger partial charge on any atom is -0.344 e. The Hall–Kier alpha value is -2.68. The van der Waals surface area contributed by atoms with Crippen molar-refractivity contribution in [2.24, 2.45) is 7.05 Å². The molecule has 0 amide bonds. The van der Waals surface area contributed by atoms with E-state index < -0.39 is 0 Å². The van der Waals surface area contributed by atoms with Crippen LogP contribution in [0.5, 0.6) is 0 Å². The summed E-state index contributed by atoms with van der Waals surface area (Å²) >= 11 is 0. The van der Waals surface area contributed by atoms with Gasteiger partial charge in [0.25, 0.3) is 0 Å². The van der Waals surface area contributed by atoms with Gasteiger partial charge >= 0.3 is 0 Å². The summed E-state index contributed by atoms with van der Waals surface area (Å²) in [5.41, 5.74) is 4.82. The molecule has 3 nitrogen and oxygen atoms in total. The summed E-state index contributed by atoms with van der Waals surface area (Å²) in [6.45, 7) is 2.13. The Morgan fingerprint density at radius 1 is 0.857 bits per heavy atom. The first kappa shape index (κ1) is 12.1. The highest BCUT2D eigenvalue weighted by Gasteiger charge is 2.10. The van der Waals surface area contributed by atoms with Gasteiger partial charge in [-0.3, -0.25) is 0 Å². The van der Waals surface area contributed by atoms with Gasteiger partial charge in [0.15, 0.2) is 5.82 Å². The molecular formula is C18H15N3. The number of hydrogen-bond donors (Lipinski definition) is 0. The molecule has 0 N–H and O–H groups in total. The van der Waals surface area contributed by atoms with E-state index in [4.69, 9.17) is 0 Å². The van der Waals surface area contributed by atoms with Crippen LogP contribution in [0, 0.1) is 6.92 Å². The molecule has 0 atom stereocenters. The van der Waals surface area contributed by atoms with Crippen molar-refractivity contribution < 1.29 is 0 Å². The maximum Gasteiger partial charge on any atom is 0.159 e. The minimum absolute atomic E-state index is 0.767. The van der Waals surface area contributed by atoms with Gasteiger partial charge in [-0.05, 0) is 42.8 Å². The van der Waals surface area contributed by atoms with E-state index in [9.17, 15) is 0 Å². The van der Waals surface area contributed by atoms with Crippen LogP contribution in [-0.2, 0) is 7.05 Å². The summed E-state index contributed by atoms with van der Waals surface area (Å²) in [6.07, 6.45) is 3.55. The van der Waals surface area contributed by atoms with Crippen LogP contribution in [0.4, 0.5) is 0 Å². The maximum atomic E-state index is 4.34. The molecule has 0 aliphatic carbocycles. The zero-order valence-corrected chi connectivity index (χ0v) is 12.0. The number of aromatic nitrogens is 3. The second-order valence-corrected chi connectivity index (χ2v) is 5.38. The maximum absolute atomic E-state index is 4.34. The van der Waals surface area contributed by atoms with Crippen LogP contribution in [-0.4, -0.2) is 14.5 Å². The summed E-state index contributed by atoms with van der Waals surface area (Å²) in [5, 5.41) is 2.52. The fourth-order valence-electron chi connectivity index (χ4n) is 2.91. The van der Waals surface area contributed by atoms with Crippen molar-refractivity contribution in [3.8, 4) is 11.4 Å². The number of rotatable bonds is 1. The molecule has 0 spiro atoms. The average Bonchev–Trinajstić information content (AvgIpc) is 2.80. The van der Waals surface area contributed by atoms with Crippen molar-refractivity contribution in [2.45, 2.75) is 6.92 Å².